The molecule has 0 radical (unpaired) electrons. The van der Waals surface area contributed by atoms with Gasteiger partial charge in [-0.3, -0.25) is 0 Å². The van der Waals surface area contributed by atoms with Crippen LogP contribution in [0, 0.1) is 0 Å². The Kier molecular flexibility index (Phi) is 1.20. The molecule has 0 fully saturated rings. The molecule has 0 aliphatic heterocycles. The second-order valence-corrected chi connectivity index (χ2v) is 2.94. The van der Waals surface area contributed by atoms with Crippen molar-refractivity contribution >= 4 is 31.9 Å². The van der Waals surface area contributed by atoms with Crippen LogP contribution in [-0.2, 0) is 0 Å². The van der Waals surface area contributed by atoms with E-state index < -0.39 is 0 Å². The molecular weight excluding hydrogens is 248 g/mol. The number of phenolic OH excluding ortho intramolecular Hbond substituents is 1. The van der Waals surface area contributed by atoms with Crippen molar-refractivity contribution in [2.24, 2.45) is 0 Å². The molecule has 0 heterocycles. The maximum Gasteiger partial charge on any atom is 0.129 e. The Labute approximate surface area is 74.2 Å². The summed E-state index contributed by atoms with van der Waals surface area (Å²) in [6.45, 7) is 0. The van der Waals surface area contributed by atoms with E-state index in [1.54, 1.807) is 0 Å². The van der Waals surface area contributed by atoms with Crippen molar-refractivity contribution in [3.63, 3.8) is 0 Å². The van der Waals surface area contributed by atoms with E-state index in [0.717, 1.165) is 0 Å². The van der Waals surface area contributed by atoms with Crippen LogP contribution in [0.4, 0.5) is 0 Å². The highest BCUT2D eigenvalue weighted by Gasteiger charge is 1.94. The number of aromatic hydroxyl groups is 1. The van der Waals surface area contributed by atoms with Crippen molar-refractivity contribution in [1.29, 1.82) is 0 Å². The summed E-state index contributed by atoms with van der Waals surface area (Å²) in [5.74, 6) is -0.367. The van der Waals surface area contributed by atoms with Gasteiger partial charge in [0.15, 0.2) is 0 Å². The molecule has 0 saturated carbocycles. The molecule has 1 nitrogen and oxygen atoms in total. The molecule has 0 aliphatic carbocycles. The first kappa shape index (κ1) is 3.98. The zero-order valence-corrected chi connectivity index (χ0v) is 7.38. The van der Waals surface area contributed by atoms with Gasteiger partial charge in [0.05, 0.1) is 8.58 Å². The summed E-state index contributed by atoms with van der Waals surface area (Å²) < 4.78 is 22.2. The third-order valence-corrected chi connectivity index (χ3v) is 1.69. The fraction of sp³-hybridized carbons (Fsp3) is 0. The van der Waals surface area contributed by atoms with Crippen LogP contribution >= 0.6 is 31.9 Å². The van der Waals surface area contributed by atoms with Crippen molar-refractivity contribution < 1.29 is 9.22 Å². The smallest absolute Gasteiger partial charge is 0.129 e. The molecule has 3 heteroatoms. The Morgan fingerprint density at radius 3 is 2.78 bits per heavy atom. The van der Waals surface area contributed by atoms with Crippen LogP contribution in [0.1, 0.15) is 4.11 Å². The molecule has 0 aliphatic rings. The van der Waals surface area contributed by atoms with Crippen LogP contribution in [0.2, 0.25) is 0 Å². The summed E-state index contributed by atoms with van der Waals surface area (Å²) in [6, 6.07) is -0.487. The van der Waals surface area contributed by atoms with Crippen LogP contribution in [0.3, 0.4) is 0 Å². The molecule has 48 valence electrons. The van der Waals surface area contributed by atoms with Crippen LogP contribution in [0.15, 0.2) is 27.1 Å². The normalized spacial score (nSPS) is 14.2. The minimum Gasteiger partial charge on any atom is -0.507 e. The average Bonchev–Trinajstić information content (AvgIpc) is 2.08. The Balaban J connectivity index is 3.60. The molecular formula is C6H4Br2O. The van der Waals surface area contributed by atoms with E-state index in [1.807, 2.05) is 0 Å². The minimum atomic E-state index is -0.367. The monoisotopic (exact) mass is 253 g/mol. The van der Waals surface area contributed by atoms with Gasteiger partial charge in [-0.1, -0.05) is 15.9 Å². The molecule has 0 bridgehead atoms. The average molecular weight is 255 g/mol. The summed E-state index contributed by atoms with van der Waals surface area (Å²) in [7, 11) is 0. The maximum absolute atomic E-state index is 9.20. The lowest BCUT2D eigenvalue weighted by molar-refractivity contribution is 0.472. The summed E-state index contributed by atoms with van der Waals surface area (Å²) in [5, 5.41) is 9.20. The van der Waals surface area contributed by atoms with Crippen LogP contribution in [-0.4, -0.2) is 5.11 Å². The van der Waals surface area contributed by atoms with E-state index in [-0.39, 0.29) is 32.8 Å². The number of benzene rings is 1. The van der Waals surface area contributed by atoms with Gasteiger partial charge in [0.2, 0.25) is 0 Å². The van der Waals surface area contributed by atoms with Gasteiger partial charge in [0, 0.05) is 4.47 Å². The zero-order chi connectivity index (χ0) is 9.46. The van der Waals surface area contributed by atoms with Gasteiger partial charge >= 0.3 is 0 Å². The van der Waals surface area contributed by atoms with Crippen molar-refractivity contribution in [3.8, 4) is 5.75 Å². The number of rotatable bonds is 0. The summed E-state index contributed by atoms with van der Waals surface area (Å²) in [4.78, 5) is 0. The van der Waals surface area contributed by atoms with Crippen molar-refractivity contribution in [2.75, 3.05) is 0 Å². The second-order valence-electron chi connectivity index (χ2n) is 1.35. The Morgan fingerprint density at radius 1 is 1.44 bits per heavy atom. The summed E-state index contributed by atoms with van der Waals surface area (Å²) >= 11 is 5.92. The zero-order valence-electron chi connectivity index (χ0n) is 7.20. The van der Waals surface area contributed by atoms with Crippen LogP contribution < -0.4 is 0 Å². The first-order valence-corrected chi connectivity index (χ1v) is 3.69. The van der Waals surface area contributed by atoms with Gasteiger partial charge in [0.25, 0.3) is 0 Å². The standard InChI is InChI=1S/C6H4Br2O/c7-4-1-2-6(9)5(8)3-4/h1-3,9H/i1D,2D,3D. The first-order valence-electron chi connectivity index (χ1n) is 3.60. The summed E-state index contributed by atoms with van der Waals surface area (Å²) in [6.07, 6.45) is 0. The van der Waals surface area contributed by atoms with Gasteiger partial charge in [-0.05, 0) is 34.1 Å². The highest BCUT2D eigenvalue weighted by Crippen LogP contribution is 2.26. The van der Waals surface area contributed by atoms with Crippen LogP contribution in [0.25, 0.3) is 0 Å². The molecule has 1 N–H and O–H groups in total. The fourth-order valence-electron chi connectivity index (χ4n) is 0.356. The molecule has 0 amide bonds. The Bertz CT molecular complexity index is 235. The van der Waals surface area contributed by atoms with Crippen molar-refractivity contribution in [3.05, 3.63) is 27.1 Å². The third kappa shape index (κ3) is 1.69. The number of phenols is 1. The van der Waals surface area contributed by atoms with E-state index in [9.17, 15) is 5.11 Å². The second kappa shape index (κ2) is 2.71. The molecule has 0 unspecified atom stereocenters. The molecule has 9 heavy (non-hydrogen) atoms. The largest absolute Gasteiger partial charge is 0.507 e. The van der Waals surface area contributed by atoms with E-state index in [4.69, 9.17) is 4.11 Å². The number of hydrogen-bond donors (Lipinski definition) is 1. The highest BCUT2D eigenvalue weighted by atomic mass is 79.9. The summed E-state index contributed by atoms with van der Waals surface area (Å²) in [5.41, 5.74) is 0. The lowest BCUT2D eigenvalue weighted by Gasteiger charge is -1.94. The molecule has 0 atom stereocenters. The first-order chi connectivity index (χ1) is 5.46. The molecule has 0 aromatic heterocycles. The number of halogens is 2. The lowest BCUT2D eigenvalue weighted by atomic mass is 10.3. The van der Waals surface area contributed by atoms with E-state index in [2.05, 4.69) is 31.9 Å². The highest BCUT2D eigenvalue weighted by molar-refractivity contribution is 9.11. The third-order valence-electron chi connectivity index (χ3n) is 0.718. The van der Waals surface area contributed by atoms with Gasteiger partial charge in [-0.2, -0.15) is 0 Å². The fourth-order valence-corrected chi connectivity index (χ4v) is 1.22. The topological polar surface area (TPSA) is 20.2 Å². The SMILES string of the molecule is [2H]c1c([2H])c(Br)c([2H])c(Br)c1O. The van der Waals surface area contributed by atoms with E-state index in [0.29, 0.717) is 0 Å². The molecule has 1 aromatic rings. The predicted octanol–water partition coefficient (Wildman–Crippen LogP) is 2.92. The van der Waals surface area contributed by atoms with Crippen LogP contribution in [0.5, 0.6) is 5.75 Å². The molecule has 1 aromatic carbocycles. The lowest BCUT2D eigenvalue weighted by Crippen LogP contribution is -1.67. The maximum atomic E-state index is 9.20. The van der Waals surface area contributed by atoms with Gasteiger partial charge in [-0.25, -0.2) is 0 Å². The van der Waals surface area contributed by atoms with Crippen molar-refractivity contribution in [2.45, 2.75) is 0 Å². The molecule has 1 rings (SSSR count). The Morgan fingerprint density at radius 2 is 2.11 bits per heavy atom. The van der Waals surface area contributed by atoms with E-state index in [1.165, 1.54) is 0 Å². The molecule has 0 saturated heterocycles. The van der Waals surface area contributed by atoms with Gasteiger partial charge in [0.1, 0.15) is 5.75 Å². The van der Waals surface area contributed by atoms with Gasteiger partial charge in [-0.15, -0.1) is 0 Å². The predicted molar refractivity (Wildman–Crippen MR) is 43.5 cm³/mol. The van der Waals surface area contributed by atoms with E-state index >= 15 is 0 Å². The quantitative estimate of drug-likeness (QED) is 0.755. The van der Waals surface area contributed by atoms with Crippen molar-refractivity contribution in [1.82, 2.24) is 0 Å². The molecule has 0 spiro atoms. The van der Waals surface area contributed by atoms with Gasteiger partial charge < -0.3 is 5.11 Å². The Hall–Kier alpha value is -0.0200. The minimum absolute atomic E-state index is 0.0199. The number of hydrogen-bond acceptors (Lipinski definition) is 1.